The zero-order chi connectivity index (χ0) is 14.4. The molecule has 0 saturated carbocycles. The van der Waals surface area contributed by atoms with Gasteiger partial charge in [0.25, 0.3) is 5.91 Å². The zero-order valence-corrected chi connectivity index (χ0v) is 11.2. The Kier molecular flexibility index (Phi) is 4.67. The molecular formula is C13H17N5O2. The van der Waals surface area contributed by atoms with Crippen molar-refractivity contribution in [1.29, 1.82) is 0 Å². The molecule has 3 N–H and O–H groups in total. The smallest absolute Gasteiger partial charge is 0.273 e. The Balaban J connectivity index is 1.90. The minimum absolute atomic E-state index is 0.260. The lowest BCUT2D eigenvalue weighted by Gasteiger charge is -2.04. The maximum Gasteiger partial charge on any atom is 0.273 e. The van der Waals surface area contributed by atoms with Gasteiger partial charge in [0.05, 0.1) is 19.9 Å². The molecule has 1 amide bonds. The molecule has 1 aromatic heterocycles. The molecule has 2 aromatic rings. The number of nitrogens with one attached hydrogen (secondary N) is 1. The molecule has 0 radical (unpaired) electrons. The van der Waals surface area contributed by atoms with Crippen LogP contribution in [0.4, 0.5) is 0 Å². The van der Waals surface area contributed by atoms with Gasteiger partial charge in [0.2, 0.25) is 0 Å². The fourth-order valence-corrected chi connectivity index (χ4v) is 1.66. The van der Waals surface area contributed by atoms with Crippen LogP contribution >= 0.6 is 0 Å². The molecule has 106 valence electrons. The van der Waals surface area contributed by atoms with Crippen LogP contribution in [0.25, 0.3) is 0 Å². The van der Waals surface area contributed by atoms with Crippen molar-refractivity contribution in [2.45, 2.75) is 13.1 Å². The number of benzene rings is 1. The molecule has 1 aromatic carbocycles. The van der Waals surface area contributed by atoms with Crippen molar-refractivity contribution in [1.82, 2.24) is 20.3 Å². The first-order valence-electron chi connectivity index (χ1n) is 6.24. The third kappa shape index (κ3) is 3.55. The van der Waals surface area contributed by atoms with Gasteiger partial charge in [-0.25, -0.2) is 0 Å². The number of nitrogens with zero attached hydrogens (tertiary/aromatic N) is 3. The predicted molar refractivity (Wildman–Crippen MR) is 73.2 cm³/mol. The Morgan fingerprint density at radius 1 is 1.40 bits per heavy atom. The quantitative estimate of drug-likeness (QED) is 0.784. The minimum Gasteiger partial charge on any atom is -0.497 e. The first-order chi connectivity index (χ1) is 9.72. The van der Waals surface area contributed by atoms with Crippen molar-refractivity contribution >= 4 is 5.91 Å². The van der Waals surface area contributed by atoms with Gasteiger partial charge in [-0.2, -0.15) is 0 Å². The summed E-state index contributed by atoms with van der Waals surface area (Å²) in [6.07, 6.45) is 1.58. The van der Waals surface area contributed by atoms with Gasteiger partial charge in [0.1, 0.15) is 5.75 Å². The predicted octanol–water partition coefficient (Wildman–Crippen LogP) is 0.175. The monoisotopic (exact) mass is 275 g/mol. The van der Waals surface area contributed by atoms with Gasteiger partial charge in [-0.1, -0.05) is 17.3 Å². The molecule has 0 spiro atoms. The van der Waals surface area contributed by atoms with Crippen LogP contribution in [0.5, 0.6) is 5.75 Å². The van der Waals surface area contributed by atoms with Crippen LogP contribution in [0.1, 0.15) is 16.1 Å². The standard InChI is InChI=1S/C13H17N5O2/c1-20-11-4-2-10(3-5-11)8-15-13(19)12-9-18(7-6-14)17-16-12/h2-5,9H,6-8,14H2,1H3,(H,15,19). The number of nitrogens with two attached hydrogens (primary N) is 1. The van der Waals surface area contributed by atoms with E-state index in [2.05, 4.69) is 15.6 Å². The van der Waals surface area contributed by atoms with E-state index >= 15 is 0 Å². The van der Waals surface area contributed by atoms with Crippen molar-refractivity contribution in [3.8, 4) is 5.75 Å². The summed E-state index contributed by atoms with van der Waals surface area (Å²) < 4.78 is 6.62. The molecule has 0 fully saturated rings. The van der Waals surface area contributed by atoms with Gasteiger partial charge in [-0.15, -0.1) is 5.10 Å². The number of amides is 1. The first kappa shape index (κ1) is 14.0. The van der Waals surface area contributed by atoms with Crippen molar-refractivity contribution in [3.05, 3.63) is 41.7 Å². The van der Waals surface area contributed by atoms with Crippen molar-refractivity contribution < 1.29 is 9.53 Å². The van der Waals surface area contributed by atoms with Crippen LogP contribution in [0, 0.1) is 0 Å². The molecule has 0 aliphatic rings. The van der Waals surface area contributed by atoms with E-state index in [1.807, 2.05) is 24.3 Å². The fourth-order valence-electron chi connectivity index (χ4n) is 1.66. The number of carbonyl (C=O) groups is 1. The molecule has 2 rings (SSSR count). The number of carbonyl (C=O) groups excluding carboxylic acids is 1. The normalized spacial score (nSPS) is 10.3. The third-order valence-corrected chi connectivity index (χ3v) is 2.74. The number of rotatable bonds is 6. The molecule has 0 unspecified atom stereocenters. The van der Waals surface area contributed by atoms with Crippen LogP contribution in [0.15, 0.2) is 30.5 Å². The van der Waals surface area contributed by atoms with E-state index < -0.39 is 0 Å². The number of ether oxygens (including phenoxy) is 1. The largest absolute Gasteiger partial charge is 0.497 e. The zero-order valence-electron chi connectivity index (χ0n) is 11.2. The summed E-state index contributed by atoms with van der Waals surface area (Å²) in [4.78, 5) is 11.9. The average molecular weight is 275 g/mol. The topological polar surface area (TPSA) is 95.1 Å². The van der Waals surface area contributed by atoms with Gasteiger partial charge in [0, 0.05) is 13.1 Å². The van der Waals surface area contributed by atoms with E-state index in [-0.39, 0.29) is 11.6 Å². The fraction of sp³-hybridized carbons (Fsp3) is 0.308. The summed E-state index contributed by atoms with van der Waals surface area (Å²) in [5.74, 6) is 0.522. The van der Waals surface area contributed by atoms with E-state index in [1.54, 1.807) is 18.0 Å². The second kappa shape index (κ2) is 6.67. The molecule has 7 heteroatoms. The average Bonchev–Trinajstić information content (AvgIpc) is 2.94. The molecule has 0 bridgehead atoms. The number of hydrogen-bond donors (Lipinski definition) is 2. The third-order valence-electron chi connectivity index (χ3n) is 2.74. The van der Waals surface area contributed by atoms with Crippen LogP contribution in [0.3, 0.4) is 0 Å². The molecule has 0 aliphatic carbocycles. The molecule has 20 heavy (non-hydrogen) atoms. The molecule has 0 atom stereocenters. The molecule has 0 saturated heterocycles. The first-order valence-corrected chi connectivity index (χ1v) is 6.24. The summed E-state index contributed by atoms with van der Waals surface area (Å²) in [6, 6.07) is 7.48. The van der Waals surface area contributed by atoms with Crippen LogP contribution < -0.4 is 15.8 Å². The number of hydrogen-bond acceptors (Lipinski definition) is 5. The van der Waals surface area contributed by atoms with Crippen LogP contribution in [-0.4, -0.2) is 34.6 Å². The Bertz CT molecular complexity index is 564. The van der Waals surface area contributed by atoms with E-state index in [4.69, 9.17) is 10.5 Å². The van der Waals surface area contributed by atoms with E-state index in [0.717, 1.165) is 11.3 Å². The van der Waals surface area contributed by atoms with Crippen molar-refractivity contribution in [3.63, 3.8) is 0 Å². The van der Waals surface area contributed by atoms with Crippen LogP contribution in [-0.2, 0) is 13.1 Å². The summed E-state index contributed by atoms with van der Waals surface area (Å²) in [6.45, 7) is 1.42. The van der Waals surface area contributed by atoms with Gasteiger partial charge in [0.15, 0.2) is 5.69 Å². The maximum atomic E-state index is 11.9. The minimum atomic E-state index is -0.260. The Morgan fingerprint density at radius 2 is 2.15 bits per heavy atom. The highest BCUT2D eigenvalue weighted by Gasteiger charge is 2.10. The highest BCUT2D eigenvalue weighted by Crippen LogP contribution is 2.11. The Morgan fingerprint density at radius 3 is 2.80 bits per heavy atom. The number of methoxy groups -OCH3 is 1. The molecular weight excluding hydrogens is 258 g/mol. The molecule has 7 nitrogen and oxygen atoms in total. The Hall–Kier alpha value is -2.41. The maximum absolute atomic E-state index is 11.9. The van der Waals surface area contributed by atoms with Gasteiger partial charge >= 0.3 is 0 Å². The second-order valence-corrected chi connectivity index (χ2v) is 4.19. The van der Waals surface area contributed by atoms with Crippen molar-refractivity contribution in [2.75, 3.05) is 13.7 Å². The number of aromatic nitrogens is 3. The van der Waals surface area contributed by atoms with E-state index in [0.29, 0.717) is 19.6 Å². The second-order valence-electron chi connectivity index (χ2n) is 4.19. The highest BCUT2D eigenvalue weighted by molar-refractivity contribution is 5.91. The summed E-state index contributed by atoms with van der Waals surface area (Å²) in [5, 5.41) is 10.4. The lowest BCUT2D eigenvalue weighted by atomic mass is 10.2. The van der Waals surface area contributed by atoms with Crippen molar-refractivity contribution in [2.24, 2.45) is 5.73 Å². The van der Waals surface area contributed by atoms with Gasteiger partial charge < -0.3 is 15.8 Å². The van der Waals surface area contributed by atoms with Gasteiger partial charge in [-0.3, -0.25) is 9.48 Å². The molecule has 1 heterocycles. The van der Waals surface area contributed by atoms with Crippen LogP contribution in [0.2, 0.25) is 0 Å². The van der Waals surface area contributed by atoms with E-state index in [1.165, 1.54) is 0 Å². The highest BCUT2D eigenvalue weighted by atomic mass is 16.5. The Labute approximate surface area is 116 Å². The summed E-state index contributed by atoms with van der Waals surface area (Å²) in [7, 11) is 1.61. The van der Waals surface area contributed by atoms with E-state index in [9.17, 15) is 4.79 Å². The SMILES string of the molecule is COc1ccc(CNC(=O)c2cn(CCN)nn2)cc1. The lowest BCUT2D eigenvalue weighted by molar-refractivity contribution is 0.0946. The summed E-state index contributed by atoms with van der Waals surface area (Å²) >= 11 is 0. The molecule has 0 aliphatic heterocycles. The van der Waals surface area contributed by atoms with Gasteiger partial charge in [-0.05, 0) is 17.7 Å². The lowest BCUT2D eigenvalue weighted by Crippen LogP contribution is -2.23. The summed E-state index contributed by atoms with van der Waals surface area (Å²) in [5.41, 5.74) is 6.67.